The lowest BCUT2D eigenvalue weighted by Gasteiger charge is -2.27. The monoisotopic (exact) mass is 874 g/mol. The summed E-state index contributed by atoms with van der Waals surface area (Å²) in [6.07, 6.45) is 4.65. The second-order valence-corrected chi connectivity index (χ2v) is 21.0. The Hall–Kier alpha value is -5.56. The van der Waals surface area contributed by atoms with Crippen LogP contribution in [0.3, 0.4) is 0 Å². The summed E-state index contributed by atoms with van der Waals surface area (Å²) in [5, 5.41) is 19.9. The molecule has 17 nitrogen and oxygen atoms in total. The third-order valence-electron chi connectivity index (χ3n) is 11.9. The van der Waals surface area contributed by atoms with E-state index in [1.54, 1.807) is 0 Å². The summed E-state index contributed by atoms with van der Waals surface area (Å²) in [6, 6.07) is 10.3. The minimum absolute atomic E-state index is 0.00582. The molecule has 0 bridgehead atoms. The summed E-state index contributed by atoms with van der Waals surface area (Å²) in [7, 11) is -6.17. The quantitative estimate of drug-likeness (QED) is 0.158. The van der Waals surface area contributed by atoms with E-state index in [2.05, 4.69) is 36.1 Å². The molecule has 5 aromatic rings. The lowest BCUT2D eigenvalue weighted by Crippen LogP contribution is -2.38. The van der Waals surface area contributed by atoms with Gasteiger partial charge in [-0.3, -0.25) is 14.4 Å². The Kier molecular flexibility index (Phi) is 11.5. The van der Waals surface area contributed by atoms with E-state index in [1.807, 2.05) is 64.1 Å². The second kappa shape index (κ2) is 16.7. The molecule has 324 valence electrons. The van der Waals surface area contributed by atoms with Crippen LogP contribution >= 0.6 is 0 Å². The molecular formula is C42H50N8O9S2. The van der Waals surface area contributed by atoms with Crippen molar-refractivity contribution >= 4 is 59.8 Å². The van der Waals surface area contributed by atoms with Gasteiger partial charge in [0, 0.05) is 36.1 Å². The number of hydrogen-bond acceptors (Lipinski definition) is 13. The number of hydrogen-bond donors (Lipinski definition) is 4. The van der Waals surface area contributed by atoms with Crippen LogP contribution < -0.4 is 21.3 Å². The summed E-state index contributed by atoms with van der Waals surface area (Å²) in [5.41, 5.74) is 7.95. The summed E-state index contributed by atoms with van der Waals surface area (Å²) in [6.45, 7) is 7.45. The van der Waals surface area contributed by atoms with E-state index in [4.69, 9.17) is 14.0 Å². The Balaban J connectivity index is 0.000000168. The summed E-state index contributed by atoms with van der Waals surface area (Å²) >= 11 is 0. The number of rotatable bonds is 8. The number of sulfone groups is 2. The summed E-state index contributed by atoms with van der Waals surface area (Å²) in [5.74, 6) is 2.33. The lowest BCUT2D eigenvalue weighted by atomic mass is 10.0. The fourth-order valence-electron chi connectivity index (χ4n) is 9.02. The van der Waals surface area contributed by atoms with Crippen LogP contribution in [0.25, 0.3) is 33.3 Å². The van der Waals surface area contributed by atoms with Crippen LogP contribution in [-0.2, 0) is 34.1 Å². The zero-order valence-electron chi connectivity index (χ0n) is 34.5. The maximum Gasteiger partial charge on any atom is 0.247 e. The molecule has 9 rings (SSSR count). The first-order valence-corrected chi connectivity index (χ1v) is 24.3. The van der Waals surface area contributed by atoms with Crippen LogP contribution in [0.2, 0.25) is 0 Å². The van der Waals surface area contributed by atoms with Crippen LogP contribution in [0.1, 0.15) is 92.2 Å². The first kappa shape index (κ1) is 42.1. The molecular weight excluding hydrogens is 825 g/mol. The predicted molar refractivity (Wildman–Crippen MR) is 228 cm³/mol. The Labute approximate surface area is 353 Å². The normalized spacial score (nSPS) is 23.2. The van der Waals surface area contributed by atoms with Gasteiger partial charge >= 0.3 is 0 Å². The zero-order chi connectivity index (χ0) is 43.2. The molecule has 4 N–H and O–H groups in total. The Morgan fingerprint density at radius 1 is 0.754 bits per heavy atom. The molecule has 0 spiro atoms. The van der Waals surface area contributed by atoms with Crippen molar-refractivity contribution in [1.29, 1.82) is 0 Å². The number of aromatic nitrogens is 4. The van der Waals surface area contributed by atoms with Gasteiger partial charge in [-0.25, -0.2) is 21.8 Å². The molecule has 3 amide bonds. The molecule has 7 heterocycles. The van der Waals surface area contributed by atoms with E-state index in [1.165, 1.54) is 0 Å². The fraction of sp³-hybridized carbons (Fsp3) is 0.476. The Morgan fingerprint density at radius 3 is 1.97 bits per heavy atom. The molecule has 4 fully saturated rings. The predicted octanol–water partition coefficient (Wildman–Crippen LogP) is 5.17. The van der Waals surface area contributed by atoms with Crippen molar-refractivity contribution < 1.29 is 40.3 Å². The van der Waals surface area contributed by atoms with Crippen LogP contribution in [0.5, 0.6) is 0 Å². The van der Waals surface area contributed by atoms with E-state index >= 15 is 0 Å². The highest BCUT2D eigenvalue weighted by molar-refractivity contribution is 7.91. The summed E-state index contributed by atoms with van der Waals surface area (Å²) in [4.78, 5) is 41.0. The lowest BCUT2D eigenvalue weighted by molar-refractivity contribution is -0.122. The largest absolute Gasteiger partial charge is 0.380 e. The molecule has 4 aliphatic rings. The molecule has 4 atom stereocenters. The molecule has 4 aliphatic heterocycles. The van der Waals surface area contributed by atoms with Gasteiger partial charge in [0.05, 0.1) is 62.8 Å². The van der Waals surface area contributed by atoms with Crippen molar-refractivity contribution in [2.75, 3.05) is 33.6 Å². The van der Waals surface area contributed by atoms with Gasteiger partial charge in [0.2, 0.25) is 17.7 Å². The highest BCUT2D eigenvalue weighted by Crippen LogP contribution is 2.37. The van der Waals surface area contributed by atoms with Gasteiger partial charge in [-0.05, 0) is 102 Å². The standard InChI is InChI=1S/C21H26N4O5S.C21H24N4O4S/c1-12-20(13(2)30-25-12)14-5-6-16(22-15-4-3-9-31(28,29)11-15)18(10-14)24-21(27)17-7-8-19(26)23-17;1-12-20(13(2)29-24-12)14-5-7-18-17(10-14)23-21(16-6-8-19(26)22-16)25(18)15-4-3-9-30(27,28)11-15/h5-6,10,15,17,22H,3-4,7-9,11H2,1-2H3,(H,23,26)(H,24,27);5,7,10,15-16H,3-4,6,8-9,11H2,1-2H3,(H,22,26)/t15?,17-;15?,16-/m00/s1. The number of anilines is 2. The number of nitrogens with zero attached hydrogens (tertiary/aromatic N) is 4. The molecule has 0 saturated carbocycles. The average Bonchev–Trinajstić information content (AvgIpc) is 4.04. The van der Waals surface area contributed by atoms with E-state index in [9.17, 15) is 31.2 Å². The number of nitrogens with one attached hydrogen (secondary N) is 4. The first-order valence-electron chi connectivity index (χ1n) is 20.6. The molecule has 2 unspecified atom stereocenters. The van der Waals surface area contributed by atoms with Gasteiger partial charge in [-0.15, -0.1) is 0 Å². The number of fused-ring (bicyclic) bond motifs is 1. The van der Waals surface area contributed by atoms with Crippen LogP contribution in [0.4, 0.5) is 11.4 Å². The van der Waals surface area contributed by atoms with Crippen LogP contribution in [-0.4, -0.2) is 89.5 Å². The third-order valence-corrected chi connectivity index (χ3v) is 15.5. The SMILES string of the molecule is Cc1noc(C)c1-c1ccc(NC2CCCS(=O)(=O)C2)c(NC(=O)[C@@H]2CCC(=O)N2)c1.Cc1noc(C)c1-c1ccc2c(c1)nc([C@@H]1CCC(=O)N1)n2C1CCCS(=O)(=O)C1. The minimum atomic E-state index is -3.09. The summed E-state index contributed by atoms with van der Waals surface area (Å²) < 4.78 is 61.4. The molecule has 2 aromatic carbocycles. The van der Waals surface area contributed by atoms with E-state index in [0.29, 0.717) is 55.7 Å². The van der Waals surface area contributed by atoms with Crippen molar-refractivity contribution in [3.05, 3.63) is 65.1 Å². The molecule has 3 aromatic heterocycles. The maximum atomic E-state index is 12.8. The van der Waals surface area contributed by atoms with Crippen molar-refractivity contribution in [1.82, 2.24) is 30.5 Å². The number of aryl methyl sites for hydroxylation is 4. The van der Waals surface area contributed by atoms with Crippen molar-refractivity contribution in [2.24, 2.45) is 0 Å². The first-order chi connectivity index (χ1) is 29.0. The van der Waals surface area contributed by atoms with Gasteiger partial charge in [-0.1, -0.05) is 22.4 Å². The number of carbonyl (C=O) groups excluding carboxylic acids is 3. The topological polar surface area (TPSA) is 237 Å². The smallest absolute Gasteiger partial charge is 0.247 e. The number of imidazole rings is 1. The molecule has 0 radical (unpaired) electrons. The fourth-order valence-corrected chi connectivity index (χ4v) is 12.3. The van der Waals surface area contributed by atoms with Crippen molar-refractivity contribution in [3.8, 4) is 22.3 Å². The molecule has 61 heavy (non-hydrogen) atoms. The van der Waals surface area contributed by atoms with Gasteiger partial charge in [0.15, 0.2) is 19.7 Å². The van der Waals surface area contributed by atoms with Crippen molar-refractivity contribution in [2.45, 2.75) is 103 Å². The highest BCUT2D eigenvalue weighted by atomic mass is 32.2. The average molecular weight is 875 g/mol. The van der Waals surface area contributed by atoms with Gasteiger partial charge in [0.25, 0.3) is 0 Å². The Bertz CT molecular complexity index is 2720. The second-order valence-electron chi connectivity index (χ2n) is 16.5. The van der Waals surface area contributed by atoms with Crippen molar-refractivity contribution in [3.63, 3.8) is 0 Å². The zero-order valence-corrected chi connectivity index (χ0v) is 36.2. The highest BCUT2D eigenvalue weighted by Gasteiger charge is 2.34. The molecule has 4 saturated heterocycles. The minimum Gasteiger partial charge on any atom is -0.380 e. The van der Waals surface area contributed by atoms with Crippen LogP contribution in [0, 0.1) is 27.7 Å². The Morgan fingerprint density at radius 2 is 1.38 bits per heavy atom. The van der Waals surface area contributed by atoms with Gasteiger partial charge in [-0.2, -0.15) is 0 Å². The number of benzene rings is 2. The van der Waals surface area contributed by atoms with E-state index in [0.717, 1.165) is 69.1 Å². The van der Waals surface area contributed by atoms with Gasteiger partial charge in [0.1, 0.15) is 23.4 Å². The number of amides is 3. The molecule has 0 aliphatic carbocycles. The number of carbonyl (C=O) groups is 3. The van der Waals surface area contributed by atoms with Gasteiger partial charge < -0.3 is 34.9 Å². The van der Waals surface area contributed by atoms with Crippen LogP contribution in [0.15, 0.2) is 45.4 Å². The molecule has 19 heteroatoms. The van der Waals surface area contributed by atoms with E-state index < -0.39 is 25.7 Å². The maximum absolute atomic E-state index is 12.8. The third kappa shape index (κ3) is 9.07. The van der Waals surface area contributed by atoms with E-state index in [-0.39, 0.29) is 58.9 Å².